The fourth-order valence-corrected chi connectivity index (χ4v) is 3.16. The van der Waals surface area contributed by atoms with Gasteiger partial charge in [-0.1, -0.05) is 0 Å². The predicted octanol–water partition coefficient (Wildman–Crippen LogP) is 2.80. The molecule has 0 aromatic carbocycles. The van der Waals surface area contributed by atoms with Gasteiger partial charge in [-0.2, -0.15) is 0 Å². The molecule has 4 heteroatoms. The number of thiazole rings is 1. The van der Waals surface area contributed by atoms with E-state index in [4.69, 9.17) is 4.98 Å². The molecule has 0 atom stereocenters. The van der Waals surface area contributed by atoms with E-state index in [9.17, 15) is 0 Å². The standard InChI is InChI=1S/C13H23N3S/c1-9(2)16(8-11-5-6-11)13-15-10(3)12(17-13)7-14-4/h9,11,14H,5-8H2,1-4H3. The van der Waals surface area contributed by atoms with E-state index >= 15 is 0 Å². The lowest BCUT2D eigenvalue weighted by atomic mass is 10.3. The Morgan fingerprint density at radius 1 is 1.47 bits per heavy atom. The van der Waals surface area contributed by atoms with Crippen LogP contribution < -0.4 is 10.2 Å². The van der Waals surface area contributed by atoms with E-state index < -0.39 is 0 Å². The second-order valence-corrected chi connectivity index (χ2v) is 6.29. The van der Waals surface area contributed by atoms with Gasteiger partial charge >= 0.3 is 0 Å². The number of hydrogen-bond acceptors (Lipinski definition) is 4. The molecule has 0 saturated heterocycles. The van der Waals surface area contributed by atoms with E-state index in [1.54, 1.807) is 0 Å². The average Bonchev–Trinajstić information content (AvgIpc) is 3.01. The Balaban J connectivity index is 2.13. The van der Waals surface area contributed by atoms with Gasteiger partial charge in [0.15, 0.2) is 5.13 Å². The molecule has 1 aliphatic rings. The van der Waals surface area contributed by atoms with E-state index in [2.05, 4.69) is 31.0 Å². The summed E-state index contributed by atoms with van der Waals surface area (Å²) in [6.45, 7) is 8.75. The van der Waals surface area contributed by atoms with Gasteiger partial charge in [0.2, 0.25) is 0 Å². The average molecular weight is 253 g/mol. The minimum Gasteiger partial charge on any atom is -0.345 e. The van der Waals surface area contributed by atoms with Crippen LogP contribution in [0.15, 0.2) is 0 Å². The first kappa shape index (κ1) is 12.8. The third kappa shape index (κ3) is 3.19. The Morgan fingerprint density at radius 3 is 2.71 bits per heavy atom. The molecule has 0 radical (unpaired) electrons. The number of nitrogens with one attached hydrogen (secondary N) is 1. The summed E-state index contributed by atoms with van der Waals surface area (Å²) in [6.07, 6.45) is 2.80. The Labute approximate surface area is 108 Å². The van der Waals surface area contributed by atoms with Gasteiger partial charge < -0.3 is 10.2 Å². The summed E-state index contributed by atoms with van der Waals surface area (Å²) in [5.74, 6) is 0.911. The summed E-state index contributed by atoms with van der Waals surface area (Å²) < 4.78 is 0. The van der Waals surface area contributed by atoms with Crippen LogP contribution in [0.3, 0.4) is 0 Å². The molecule has 0 bridgehead atoms. The molecule has 96 valence electrons. The first-order valence-corrected chi connectivity index (χ1v) is 7.31. The highest BCUT2D eigenvalue weighted by atomic mass is 32.1. The van der Waals surface area contributed by atoms with Gasteiger partial charge in [-0.15, -0.1) is 11.3 Å². The zero-order valence-corrected chi connectivity index (χ0v) is 12.1. The molecule has 0 spiro atoms. The molecule has 1 N–H and O–H groups in total. The van der Waals surface area contributed by atoms with Crippen LogP contribution in [-0.2, 0) is 6.54 Å². The fraction of sp³-hybridized carbons (Fsp3) is 0.769. The maximum Gasteiger partial charge on any atom is 0.186 e. The summed E-state index contributed by atoms with van der Waals surface area (Å²) in [7, 11) is 1.99. The van der Waals surface area contributed by atoms with E-state index in [0.29, 0.717) is 6.04 Å². The number of anilines is 1. The molecule has 1 aliphatic carbocycles. The summed E-state index contributed by atoms with van der Waals surface area (Å²) in [5, 5.41) is 4.41. The zero-order chi connectivity index (χ0) is 12.4. The van der Waals surface area contributed by atoms with Crippen LogP contribution in [0, 0.1) is 12.8 Å². The highest BCUT2D eigenvalue weighted by molar-refractivity contribution is 7.15. The van der Waals surface area contributed by atoms with Crippen LogP contribution in [0.4, 0.5) is 5.13 Å². The van der Waals surface area contributed by atoms with Crippen LogP contribution in [0.5, 0.6) is 0 Å². The van der Waals surface area contributed by atoms with Crippen molar-refractivity contribution in [3.63, 3.8) is 0 Å². The molecule has 1 aromatic heterocycles. The van der Waals surface area contributed by atoms with Crippen molar-refractivity contribution in [1.29, 1.82) is 0 Å². The number of rotatable bonds is 6. The molecule has 0 amide bonds. The maximum atomic E-state index is 4.74. The van der Waals surface area contributed by atoms with Crippen LogP contribution in [0.2, 0.25) is 0 Å². The second-order valence-electron chi connectivity index (χ2n) is 5.22. The van der Waals surface area contributed by atoms with E-state index in [1.165, 1.54) is 35.1 Å². The van der Waals surface area contributed by atoms with Gasteiger partial charge in [-0.05, 0) is 46.6 Å². The Hall–Kier alpha value is -0.610. The van der Waals surface area contributed by atoms with Crippen molar-refractivity contribution in [2.24, 2.45) is 5.92 Å². The van der Waals surface area contributed by atoms with Crippen molar-refractivity contribution in [1.82, 2.24) is 10.3 Å². The molecule has 1 aromatic rings. The van der Waals surface area contributed by atoms with Gasteiger partial charge in [-0.25, -0.2) is 4.98 Å². The fourth-order valence-electron chi connectivity index (χ4n) is 1.95. The van der Waals surface area contributed by atoms with Crippen molar-refractivity contribution in [3.8, 4) is 0 Å². The summed E-state index contributed by atoms with van der Waals surface area (Å²) in [6, 6.07) is 0.545. The monoisotopic (exact) mass is 253 g/mol. The van der Waals surface area contributed by atoms with Gasteiger partial charge in [0.1, 0.15) is 0 Å². The minimum atomic E-state index is 0.545. The van der Waals surface area contributed by atoms with Crippen LogP contribution >= 0.6 is 11.3 Å². The lowest BCUT2D eigenvalue weighted by molar-refractivity contribution is 0.642. The summed E-state index contributed by atoms with van der Waals surface area (Å²) >= 11 is 1.84. The number of aryl methyl sites for hydroxylation is 1. The molecule has 1 heterocycles. The summed E-state index contributed by atoms with van der Waals surface area (Å²) in [4.78, 5) is 8.57. The lowest BCUT2D eigenvalue weighted by Crippen LogP contribution is -2.32. The largest absolute Gasteiger partial charge is 0.345 e. The van der Waals surface area contributed by atoms with Crippen molar-refractivity contribution in [2.45, 2.75) is 46.2 Å². The normalized spacial score (nSPS) is 15.6. The highest BCUT2D eigenvalue weighted by Crippen LogP contribution is 2.34. The number of hydrogen-bond donors (Lipinski definition) is 1. The first-order chi connectivity index (χ1) is 8.11. The molecular formula is C13H23N3S. The quantitative estimate of drug-likeness (QED) is 0.845. The SMILES string of the molecule is CNCc1sc(N(CC2CC2)C(C)C)nc1C. The van der Waals surface area contributed by atoms with E-state index in [0.717, 1.165) is 12.5 Å². The molecule has 1 fully saturated rings. The van der Waals surface area contributed by atoms with Crippen molar-refractivity contribution >= 4 is 16.5 Å². The topological polar surface area (TPSA) is 28.2 Å². The number of aromatic nitrogens is 1. The van der Waals surface area contributed by atoms with Gasteiger partial charge in [0.25, 0.3) is 0 Å². The Kier molecular flexibility index (Phi) is 4.05. The van der Waals surface area contributed by atoms with Crippen LogP contribution in [-0.4, -0.2) is 24.6 Å². The molecule has 0 aliphatic heterocycles. The van der Waals surface area contributed by atoms with Gasteiger partial charge in [0, 0.05) is 24.0 Å². The van der Waals surface area contributed by atoms with Crippen LogP contribution in [0.1, 0.15) is 37.3 Å². The zero-order valence-electron chi connectivity index (χ0n) is 11.3. The van der Waals surface area contributed by atoms with E-state index in [1.807, 2.05) is 18.4 Å². The molecule has 1 saturated carbocycles. The number of nitrogens with zero attached hydrogens (tertiary/aromatic N) is 2. The van der Waals surface area contributed by atoms with Crippen LogP contribution in [0.25, 0.3) is 0 Å². The Bertz CT molecular complexity index is 369. The summed E-state index contributed by atoms with van der Waals surface area (Å²) in [5.41, 5.74) is 1.18. The molecule has 17 heavy (non-hydrogen) atoms. The lowest BCUT2D eigenvalue weighted by Gasteiger charge is -2.26. The van der Waals surface area contributed by atoms with Gasteiger partial charge in [0.05, 0.1) is 5.69 Å². The third-order valence-electron chi connectivity index (χ3n) is 3.24. The molecular weight excluding hydrogens is 230 g/mol. The molecule has 0 unspecified atom stereocenters. The van der Waals surface area contributed by atoms with Crippen molar-refractivity contribution in [2.75, 3.05) is 18.5 Å². The third-order valence-corrected chi connectivity index (χ3v) is 4.43. The Morgan fingerprint density at radius 2 is 2.18 bits per heavy atom. The maximum absolute atomic E-state index is 4.74. The minimum absolute atomic E-state index is 0.545. The van der Waals surface area contributed by atoms with Crippen molar-refractivity contribution < 1.29 is 0 Å². The first-order valence-electron chi connectivity index (χ1n) is 6.49. The van der Waals surface area contributed by atoms with Gasteiger partial charge in [-0.3, -0.25) is 0 Å². The predicted molar refractivity (Wildman–Crippen MR) is 74.8 cm³/mol. The highest BCUT2D eigenvalue weighted by Gasteiger charge is 2.27. The second kappa shape index (κ2) is 5.36. The van der Waals surface area contributed by atoms with Crippen molar-refractivity contribution in [3.05, 3.63) is 10.6 Å². The van der Waals surface area contributed by atoms with E-state index in [-0.39, 0.29) is 0 Å². The molecule has 3 nitrogen and oxygen atoms in total. The molecule has 2 rings (SSSR count). The smallest absolute Gasteiger partial charge is 0.186 e.